The Balaban J connectivity index is 1.46. The van der Waals surface area contributed by atoms with Crippen molar-refractivity contribution in [1.29, 1.82) is 0 Å². The Labute approximate surface area is 186 Å². The van der Waals surface area contributed by atoms with Crippen LogP contribution in [0.2, 0.25) is 0 Å². The number of hydrogen-bond donors (Lipinski definition) is 1. The van der Waals surface area contributed by atoms with E-state index in [-0.39, 0.29) is 16.6 Å². The van der Waals surface area contributed by atoms with Crippen molar-refractivity contribution in [1.82, 2.24) is 5.43 Å². The lowest BCUT2D eigenvalue weighted by atomic mass is 10.2. The van der Waals surface area contributed by atoms with Gasteiger partial charge in [-0.05, 0) is 54.4 Å². The maximum absolute atomic E-state index is 12.3. The highest BCUT2D eigenvalue weighted by Crippen LogP contribution is 2.19. The fraction of sp³-hybridized carbons (Fsp3) is 0.130. The largest absolute Gasteiger partial charge is 0.379 e. The number of thioether (sulfide) groups is 1. The van der Waals surface area contributed by atoms with E-state index in [1.54, 1.807) is 24.3 Å². The van der Waals surface area contributed by atoms with Crippen LogP contribution < -0.4 is 9.61 Å². The molecule has 0 atom stereocenters. The number of nitrogens with zero attached hydrogens (tertiary/aromatic N) is 1. The molecule has 0 unspecified atom stereocenters. The third-order valence-corrected chi connectivity index (χ3v) is 6.41. The van der Waals surface area contributed by atoms with Crippen molar-refractivity contribution >= 4 is 34.0 Å². The normalized spacial score (nSPS) is 11.4. The Hall–Kier alpha value is -3.10. The van der Waals surface area contributed by atoms with Crippen LogP contribution in [0.4, 0.5) is 0 Å². The third kappa shape index (κ3) is 7.27. The molecule has 0 saturated heterocycles. The van der Waals surface area contributed by atoms with Crippen LogP contribution in [0.15, 0.2) is 88.9 Å². The lowest BCUT2D eigenvalue weighted by Crippen LogP contribution is -2.19. The van der Waals surface area contributed by atoms with E-state index in [1.165, 1.54) is 42.2 Å². The molecule has 0 aromatic heterocycles. The molecule has 0 bridgehead atoms. The van der Waals surface area contributed by atoms with E-state index in [0.717, 1.165) is 16.9 Å². The maximum atomic E-state index is 12.3. The number of aryl methyl sites for hydroxylation is 1. The van der Waals surface area contributed by atoms with Gasteiger partial charge in [0.1, 0.15) is 10.6 Å². The Morgan fingerprint density at radius 1 is 1.00 bits per heavy atom. The molecule has 0 aliphatic carbocycles. The number of benzene rings is 3. The van der Waals surface area contributed by atoms with Crippen LogP contribution in [0.3, 0.4) is 0 Å². The quantitative estimate of drug-likeness (QED) is 0.298. The van der Waals surface area contributed by atoms with E-state index in [2.05, 4.69) is 10.5 Å². The molecule has 31 heavy (non-hydrogen) atoms. The molecule has 160 valence electrons. The summed E-state index contributed by atoms with van der Waals surface area (Å²) >= 11 is 1.51. The summed E-state index contributed by atoms with van der Waals surface area (Å²) in [5.41, 5.74) is 5.30. The highest BCUT2D eigenvalue weighted by atomic mass is 32.2. The van der Waals surface area contributed by atoms with E-state index in [1.807, 2.05) is 37.3 Å². The SMILES string of the molecule is Cc1ccc(S(=O)(=O)Oc2ccc(/C=N\NC(=O)CSCc3ccccc3)cc2)cc1. The molecule has 3 rings (SSSR count). The van der Waals surface area contributed by atoms with Gasteiger partial charge in [-0.3, -0.25) is 4.79 Å². The van der Waals surface area contributed by atoms with Crippen molar-refractivity contribution in [3.63, 3.8) is 0 Å². The molecule has 8 heteroatoms. The first kappa shape index (κ1) is 22.6. The monoisotopic (exact) mass is 454 g/mol. The second-order valence-electron chi connectivity index (χ2n) is 6.69. The summed E-state index contributed by atoms with van der Waals surface area (Å²) in [5, 5.41) is 3.93. The van der Waals surface area contributed by atoms with E-state index in [9.17, 15) is 13.2 Å². The van der Waals surface area contributed by atoms with Crippen LogP contribution in [-0.4, -0.2) is 26.3 Å². The molecule has 0 fully saturated rings. The number of nitrogens with one attached hydrogen (secondary N) is 1. The first-order valence-corrected chi connectivity index (χ1v) is 12.0. The average molecular weight is 455 g/mol. The minimum atomic E-state index is -3.89. The van der Waals surface area contributed by atoms with Gasteiger partial charge in [0.05, 0.1) is 12.0 Å². The van der Waals surface area contributed by atoms with E-state index >= 15 is 0 Å². The second-order valence-corrected chi connectivity index (χ2v) is 9.22. The summed E-state index contributed by atoms with van der Waals surface area (Å²) in [5.74, 6) is 1.06. The summed E-state index contributed by atoms with van der Waals surface area (Å²) in [6.45, 7) is 1.88. The van der Waals surface area contributed by atoms with Gasteiger partial charge in [-0.25, -0.2) is 5.43 Å². The fourth-order valence-corrected chi connectivity index (χ4v) is 4.25. The van der Waals surface area contributed by atoms with Gasteiger partial charge < -0.3 is 4.18 Å². The van der Waals surface area contributed by atoms with Gasteiger partial charge in [-0.15, -0.1) is 11.8 Å². The molecule has 0 heterocycles. The molecule has 6 nitrogen and oxygen atoms in total. The fourth-order valence-electron chi connectivity index (χ4n) is 2.54. The number of amides is 1. The van der Waals surface area contributed by atoms with E-state index in [4.69, 9.17) is 4.18 Å². The number of carbonyl (C=O) groups excluding carboxylic acids is 1. The Kier molecular flexibility index (Phi) is 7.86. The molecule has 0 aliphatic heterocycles. The van der Waals surface area contributed by atoms with Crippen molar-refractivity contribution in [3.05, 3.63) is 95.6 Å². The smallest absolute Gasteiger partial charge is 0.339 e. The van der Waals surface area contributed by atoms with Gasteiger partial charge in [-0.1, -0.05) is 48.0 Å². The van der Waals surface area contributed by atoms with Gasteiger partial charge >= 0.3 is 10.1 Å². The van der Waals surface area contributed by atoms with Crippen LogP contribution in [0, 0.1) is 6.92 Å². The minimum absolute atomic E-state index is 0.0941. The van der Waals surface area contributed by atoms with Crippen molar-refractivity contribution in [2.24, 2.45) is 5.10 Å². The topological polar surface area (TPSA) is 84.8 Å². The molecule has 3 aromatic rings. The van der Waals surface area contributed by atoms with Crippen LogP contribution in [0.1, 0.15) is 16.7 Å². The summed E-state index contributed by atoms with van der Waals surface area (Å²) in [7, 11) is -3.89. The zero-order chi connectivity index (χ0) is 22.1. The van der Waals surface area contributed by atoms with E-state index < -0.39 is 10.1 Å². The number of hydrogen-bond acceptors (Lipinski definition) is 6. The second kappa shape index (κ2) is 10.8. The zero-order valence-corrected chi connectivity index (χ0v) is 18.5. The summed E-state index contributed by atoms with van der Waals surface area (Å²) in [6, 6.07) is 22.7. The lowest BCUT2D eigenvalue weighted by Gasteiger charge is -2.07. The Bertz CT molecular complexity index is 1130. The number of carbonyl (C=O) groups is 1. The lowest BCUT2D eigenvalue weighted by molar-refractivity contribution is -0.118. The van der Waals surface area contributed by atoms with Crippen molar-refractivity contribution < 1.29 is 17.4 Å². The van der Waals surface area contributed by atoms with Crippen molar-refractivity contribution in [2.45, 2.75) is 17.6 Å². The van der Waals surface area contributed by atoms with Gasteiger partial charge in [0.15, 0.2) is 0 Å². The van der Waals surface area contributed by atoms with Gasteiger partial charge in [-0.2, -0.15) is 13.5 Å². The summed E-state index contributed by atoms with van der Waals surface area (Å²) in [6.07, 6.45) is 1.48. The number of hydrazone groups is 1. The summed E-state index contributed by atoms with van der Waals surface area (Å²) < 4.78 is 29.8. The van der Waals surface area contributed by atoms with E-state index in [0.29, 0.717) is 11.3 Å². The van der Waals surface area contributed by atoms with Crippen LogP contribution in [-0.2, 0) is 20.7 Å². The molecule has 0 spiro atoms. The molecule has 3 aromatic carbocycles. The van der Waals surface area contributed by atoms with Gasteiger partial charge in [0.2, 0.25) is 5.91 Å². The average Bonchev–Trinajstić information content (AvgIpc) is 2.76. The molecule has 0 aliphatic rings. The minimum Gasteiger partial charge on any atom is -0.379 e. The molecule has 0 saturated carbocycles. The van der Waals surface area contributed by atoms with Crippen molar-refractivity contribution in [2.75, 3.05) is 5.75 Å². The standard InChI is InChI=1S/C23H22N2O4S2/c1-18-7-13-22(14-8-18)31(27,28)29-21-11-9-19(10-12-21)15-24-25-23(26)17-30-16-20-5-3-2-4-6-20/h2-15H,16-17H2,1H3,(H,25,26)/b24-15-. The highest BCUT2D eigenvalue weighted by molar-refractivity contribution is 7.99. The third-order valence-electron chi connectivity index (χ3n) is 4.14. The number of rotatable bonds is 9. The highest BCUT2D eigenvalue weighted by Gasteiger charge is 2.16. The summed E-state index contributed by atoms with van der Waals surface area (Å²) in [4.78, 5) is 12.0. The molecular formula is C23H22N2O4S2. The first-order valence-electron chi connectivity index (χ1n) is 9.47. The Morgan fingerprint density at radius 2 is 1.68 bits per heavy atom. The Morgan fingerprint density at radius 3 is 2.35 bits per heavy atom. The van der Waals surface area contributed by atoms with Crippen LogP contribution in [0.5, 0.6) is 5.75 Å². The van der Waals surface area contributed by atoms with Gasteiger partial charge in [0.25, 0.3) is 0 Å². The van der Waals surface area contributed by atoms with Crippen molar-refractivity contribution in [3.8, 4) is 5.75 Å². The zero-order valence-electron chi connectivity index (χ0n) is 16.9. The van der Waals surface area contributed by atoms with Gasteiger partial charge in [0, 0.05) is 5.75 Å². The predicted octanol–water partition coefficient (Wildman–Crippen LogP) is 4.15. The molecule has 1 N–H and O–H groups in total. The molecule has 1 amide bonds. The molecular weight excluding hydrogens is 432 g/mol. The first-order chi connectivity index (χ1) is 14.9. The van der Waals surface area contributed by atoms with Crippen LogP contribution in [0.25, 0.3) is 0 Å². The molecule has 0 radical (unpaired) electrons. The maximum Gasteiger partial charge on any atom is 0.339 e. The predicted molar refractivity (Wildman–Crippen MR) is 124 cm³/mol. The van der Waals surface area contributed by atoms with Crippen LogP contribution >= 0.6 is 11.8 Å².